The maximum atomic E-state index is 10.2. The van der Waals surface area contributed by atoms with Crippen LogP contribution in [0.2, 0.25) is 0 Å². The minimum atomic E-state index is -0.201. The number of aliphatic hydroxyl groups is 1. The standard InChI is InChI=1S/C14H21N3O2/c1-2-19-12-9-11(18)14(12)3-7-17(8-4-14)13-10-15-5-6-16-13/h5-6,10-12,18H,2-4,7-9H2,1H3/t11-,12-/m1/s1. The van der Waals surface area contributed by atoms with Crippen LogP contribution >= 0.6 is 0 Å². The average molecular weight is 263 g/mol. The van der Waals surface area contributed by atoms with Gasteiger partial charge >= 0.3 is 0 Å². The molecular weight excluding hydrogens is 242 g/mol. The van der Waals surface area contributed by atoms with Crippen molar-refractivity contribution in [3.8, 4) is 0 Å². The number of aromatic nitrogens is 2. The van der Waals surface area contributed by atoms with Crippen LogP contribution in [0.4, 0.5) is 5.82 Å². The van der Waals surface area contributed by atoms with Crippen LogP contribution in [0.15, 0.2) is 18.6 Å². The predicted octanol–water partition coefficient (Wildman–Crippen LogP) is 1.23. The highest BCUT2D eigenvalue weighted by atomic mass is 16.5. The molecule has 2 fully saturated rings. The fraction of sp³-hybridized carbons (Fsp3) is 0.714. The molecule has 5 heteroatoms. The summed E-state index contributed by atoms with van der Waals surface area (Å²) in [6.07, 6.45) is 7.97. The Hall–Kier alpha value is -1.20. The van der Waals surface area contributed by atoms with Gasteiger partial charge in [-0.3, -0.25) is 4.98 Å². The molecule has 19 heavy (non-hydrogen) atoms. The molecule has 1 N–H and O–H groups in total. The SMILES string of the molecule is CCO[C@@H]1C[C@@H](O)C12CCN(c1cnccn1)CC2. The van der Waals surface area contributed by atoms with Crippen LogP contribution in [-0.4, -0.2) is 47.0 Å². The van der Waals surface area contributed by atoms with Gasteiger partial charge in [0.25, 0.3) is 0 Å². The second-order valence-electron chi connectivity index (χ2n) is 5.48. The Morgan fingerprint density at radius 1 is 1.42 bits per heavy atom. The van der Waals surface area contributed by atoms with Crippen LogP contribution in [0.3, 0.4) is 0 Å². The molecule has 1 spiro atoms. The van der Waals surface area contributed by atoms with E-state index in [0.717, 1.165) is 44.8 Å². The predicted molar refractivity (Wildman–Crippen MR) is 71.9 cm³/mol. The van der Waals surface area contributed by atoms with E-state index in [2.05, 4.69) is 14.9 Å². The summed E-state index contributed by atoms with van der Waals surface area (Å²) in [5.41, 5.74) is -0.0191. The van der Waals surface area contributed by atoms with Crippen LogP contribution < -0.4 is 4.90 Å². The highest BCUT2D eigenvalue weighted by Crippen LogP contribution is 2.51. The quantitative estimate of drug-likeness (QED) is 0.889. The fourth-order valence-corrected chi connectivity index (χ4v) is 3.42. The lowest BCUT2D eigenvalue weighted by Crippen LogP contribution is -2.62. The molecule has 1 aromatic heterocycles. The molecule has 0 radical (unpaired) electrons. The third kappa shape index (κ3) is 2.11. The number of nitrogens with zero attached hydrogens (tertiary/aromatic N) is 3. The fourth-order valence-electron chi connectivity index (χ4n) is 3.42. The molecule has 0 aromatic carbocycles. The Balaban J connectivity index is 1.66. The molecule has 2 atom stereocenters. The maximum Gasteiger partial charge on any atom is 0.147 e. The first kappa shape index (κ1) is 12.8. The Kier molecular flexibility index (Phi) is 3.41. The van der Waals surface area contributed by atoms with Crippen molar-refractivity contribution in [1.29, 1.82) is 0 Å². The molecule has 5 nitrogen and oxygen atoms in total. The molecule has 0 unspecified atom stereocenters. The van der Waals surface area contributed by atoms with E-state index in [0.29, 0.717) is 0 Å². The zero-order chi connectivity index (χ0) is 13.3. The van der Waals surface area contributed by atoms with Crippen molar-refractivity contribution in [2.45, 2.75) is 38.4 Å². The molecule has 0 bridgehead atoms. The largest absolute Gasteiger partial charge is 0.392 e. The third-order valence-corrected chi connectivity index (χ3v) is 4.68. The zero-order valence-corrected chi connectivity index (χ0v) is 11.3. The Labute approximate surface area is 113 Å². The molecule has 3 rings (SSSR count). The molecule has 1 saturated heterocycles. The molecule has 2 heterocycles. The van der Waals surface area contributed by atoms with Gasteiger partial charge in [-0.15, -0.1) is 0 Å². The van der Waals surface area contributed by atoms with Crippen molar-refractivity contribution >= 4 is 5.82 Å². The second kappa shape index (κ2) is 5.06. The minimum absolute atomic E-state index is 0.0191. The monoisotopic (exact) mass is 263 g/mol. The summed E-state index contributed by atoms with van der Waals surface area (Å²) in [5.74, 6) is 0.930. The lowest BCUT2D eigenvalue weighted by Gasteiger charge is -2.56. The molecule has 104 valence electrons. The number of aliphatic hydroxyl groups excluding tert-OH is 1. The minimum Gasteiger partial charge on any atom is -0.392 e. The summed E-state index contributed by atoms with van der Waals surface area (Å²) in [5, 5.41) is 10.2. The van der Waals surface area contributed by atoms with E-state index < -0.39 is 0 Å². The Morgan fingerprint density at radius 3 is 2.79 bits per heavy atom. The number of anilines is 1. The van der Waals surface area contributed by atoms with E-state index in [1.165, 1.54) is 0 Å². The summed E-state index contributed by atoms with van der Waals surface area (Å²) in [6, 6.07) is 0. The summed E-state index contributed by atoms with van der Waals surface area (Å²) >= 11 is 0. The lowest BCUT2D eigenvalue weighted by atomic mass is 9.58. The van der Waals surface area contributed by atoms with Gasteiger partial charge in [0, 0.05) is 43.9 Å². The van der Waals surface area contributed by atoms with Crippen LogP contribution in [0.25, 0.3) is 0 Å². The van der Waals surface area contributed by atoms with Gasteiger partial charge in [-0.25, -0.2) is 4.98 Å². The Bertz CT molecular complexity index is 416. The smallest absolute Gasteiger partial charge is 0.147 e. The summed E-state index contributed by atoms with van der Waals surface area (Å²) in [7, 11) is 0. The van der Waals surface area contributed by atoms with Gasteiger partial charge in [-0.1, -0.05) is 0 Å². The maximum absolute atomic E-state index is 10.2. The van der Waals surface area contributed by atoms with Gasteiger partial charge in [-0.05, 0) is 19.8 Å². The third-order valence-electron chi connectivity index (χ3n) is 4.68. The first-order valence-electron chi connectivity index (χ1n) is 7.07. The van der Waals surface area contributed by atoms with Crippen molar-refractivity contribution in [3.63, 3.8) is 0 Å². The van der Waals surface area contributed by atoms with Crippen LogP contribution in [-0.2, 0) is 4.74 Å². The van der Waals surface area contributed by atoms with E-state index in [4.69, 9.17) is 4.74 Å². The van der Waals surface area contributed by atoms with E-state index in [1.807, 2.05) is 6.92 Å². The molecule has 1 aromatic rings. The van der Waals surface area contributed by atoms with Crippen LogP contribution in [0, 0.1) is 5.41 Å². The average Bonchev–Trinajstić information content (AvgIpc) is 2.48. The molecule has 1 saturated carbocycles. The first-order valence-corrected chi connectivity index (χ1v) is 7.07. The van der Waals surface area contributed by atoms with Crippen LogP contribution in [0.5, 0.6) is 0 Å². The van der Waals surface area contributed by atoms with E-state index in [9.17, 15) is 5.11 Å². The van der Waals surface area contributed by atoms with Gasteiger partial charge in [0.15, 0.2) is 0 Å². The van der Waals surface area contributed by atoms with Gasteiger partial charge in [-0.2, -0.15) is 0 Å². The molecule has 0 amide bonds. The molecular formula is C14H21N3O2. The van der Waals surface area contributed by atoms with Crippen molar-refractivity contribution in [2.75, 3.05) is 24.6 Å². The Morgan fingerprint density at radius 2 is 2.21 bits per heavy atom. The number of hydrogen-bond donors (Lipinski definition) is 1. The van der Waals surface area contributed by atoms with Crippen molar-refractivity contribution < 1.29 is 9.84 Å². The molecule has 1 aliphatic carbocycles. The van der Waals surface area contributed by atoms with Crippen molar-refractivity contribution in [3.05, 3.63) is 18.6 Å². The molecule has 1 aliphatic heterocycles. The summed E-state index contributed by atoms with van der Waals surface area (Å²) < 4.78 is 5.78. The van der Waals surface area contributed by atoms with Gasteiger partial charge in [0.1, 0.15) is 5.82 Å². The molecule has 2 aliphatic rings. The van der Waals surface area contributed by atoms with E-state index in [-0.39, 0.29) is 17.6 Å². The van der Waals surface area contributed by atoms with Gasteiger partial charge in [0.05, 0.1) is 18.4 Å². The highest BCUT2D eigenvalue weighted by molar-refractivity contribution is 5.36. The topological polar surface area (TPSA) is 58.5 Å². The van der Waals surface area contributed by atoms with E-state index >= 15 is 0 Å². The van der Waals surface area contributed by atoms with Gasteiger partial charge < -0.3 is 14.7 Å². The zero-order valence-electron chi connectivity index (χ0n) is 11.3. The van der Waals surface area contributed by atoms with Crippen LogP contribution in [0.1, 0.15) is 26.2 Å². The number of hydrogen-bond acceptors (Lipinski definition) is 5. The number of rotatable bonds is 3. The van der Waals surface area contributed by atoms with Crippen molar-refractivity contribution in [2.24, 2.45) is 5.41 Å². The highest BCUT2D eigenvalue weighted by Gasteiger charge is 2.56. The lowest BCUT2D eigenvalue weighted by molar-refractivity contribution is -0.199. The second-order valence-corrected chi connectivity index (χ2v) is 5.48. The number of piperidine rings is 1. The summed E-state index contributed by atoms with van der Waals surface area (Å²) in [4.78, 5) is 10.7. The van der Waals surface area contributed by atoms with E-state index in [1.54, 1.807) is 18.6 Å². The van der Waals surface area contributed by atoms with Gasteiger partial charge in [0.2, 0.25) is 0 Å². The van der Waals surface area contributed by atoms with Crippen molar-refractivity contribution in [1.82, 2.24) is 9.97 Å². The first-order chi connectivity index (χ1) is 9.26. The normalized spacial score (nSPS) is 29.3. The number of ether oxygens (including phenoxy) is 1. The summed E-state index contributed by atoms with van der Waals surface area (Å²) in [6.45, 7) is 4.58.